The van der Waals surface area contributed by atoms with Gasteiger partial charge in [-0.15, -0.1) is 0 Å². The topological polar surface area (TPSA) is 49.3 Å². The lowest BCUT2D eigenvalue weighted by molar-refractivity contribution is -0.145. The predicted octanol–water partition coefficient (Wildman–Crippen LogP) is 2.94. The highest BCUT2D eigenvalue weighted by Crippen LogP contribution is 2.38. The lowest BCUT2D eigenvalue weighted by atomic mass is 9.89. The van der Waals surface area contributed by atoms with Gasteiger partial charge in [0, 0.05) is 6.04 Å². The molecular formula is C14H25NO2. The summed E-state index contributed by atoms with van der Waals surface area (Å²) in [6.45, 7) is 2.17. The van der Waals surface area contributed by atoms with Crippen LogP contribution in [-0.2, 0) is 4.79 Å². The molecule has 0 heterocycles. The summed E-state index contributed by atoms with van der Waals surface area (Å²) in [5.41, 5.74) is -0.608. The van der Waals surface area contributed by atoms with Crippen LogP contribution in [0.3, 0.4) is 0 Å². The van der Waals surface area contributed by atoms with Gasteiger partial charge in [0.25, 0.3) is 0 Å². The molecule has 2 unspecified atom stereocenters. The highest BCUT2D eigenvalue weighted by atomic mass is 16.4. The number of rotatable bonds is 4. The third kappa shape index (κ3) is 2.82. The summed E-state index contributed by atoms with van der Waals surface area (Å²) in [5.74, 6) is -0.0267. The third-order valence-electron chi connectivity index (χ3n) is 4.69. The quantitative estimate of drug-likeness (QED) is 0.793. The largest absolute Gasteiger partial charge is 0.480 e. The van der Waals surface area contributed by atoms with E-state index < -0.39 is 11.5 Å². The Morgan fingerprint density at radius 2 is 2.00 bits per heavy atom. The Hall–Kier alpha value is -0.570. The maximum Gasteiger partial charge on any atom is 0.323 e. The number of hydrogen-bond acceptors (Lipinski definition) is 2. The van der Waals surface area contributed by atoms with Crippen molar-refractivity contribution < 1.29 is 9.90 Å². The summed E-state index contributed by atoms with van der Waals surface area (Å²) in [6, 6.07) is 0.440. The van der Waals surface area contributed by atoms with Crippen LogP contribution in [0, 0.1) is 5.92 Å². The molecule has 0 aliphatic heterocycles. The van der Waals surface area contributed by atoms with Gasteiger partial charge in [-0.1, -0.05) is 32.6 Å². The molecule has 2 aliphatic rings. The fraction of sp³-hybridized carbons (Fsp3) is 0.929. The molecule has 2 N–H and O–H groups in total. The second-order valence-corrected chi connectivity index (χ2v) is 5.88. The average Bonchev–Trinajstić information content (AvgIpc) is 2.75. The monoisotopic (exact) mass is 239 g/mol. The Bertz CT molecular complexity index is 273. The van der Waals surface area contributed by atoms with E-state index in [1.807, 2.05) is 0 Å². The van der Waals surface area contributed by atoms with Crippen molar-refractivity contribution in [2.75, 3.05) is 0 Å². The van der Waals surface area contributed by atoms with Crippen LogP contribution in [0.2, 0.25) is 0 Å². The minimum Gasteiger partial charge on any atom is -0.480 e. The van der Waals surface area contributed by atoms with Crippen LogP contribution in [0.4, 0.5) is 0 Å². The second kappa shape index (κ2) is 5.38. The molecule has 3 nitrogen and oxygen atoms in total. The minimum atomic E-state index is -0.626. The number of carboxylic acids is 1. The highest BCUT2D eigenvalue weighted by molar-refractivity contribution is 5.79. The number of aliphatic carboxylic acids is 1. The summed E-state index contributed by atoms with van der Waals surface area (Å²) >= 11 is 0. The van der Waals surface area contributed by atoms with Crippen LogP contribution in [0.5, 0.6) is 0 Å². The Morgan fingerprint density at radius 3 is 2.53 bits per heavy atom. The zero-order valence-electron chi connectivity index (χ0n) is 10.9. The summed E-state index contributed by atoms with van der Waals surface area (Å²) in [6.07, 6.45) is 9.97. The fourth-order valence-electron chi connectivity index (χ4n) is 3.52. The lowest BCUT2D eigenvalue weighted by Crippen LogP contribution is -2.54. The van der Waals surface area contributed by atoms with Crippen LogP contribution in [0.15, 0.2) is 0 Å². The smallest absolute Gasteiger partial charge is 0.323 e. The van der Waals surface area contributed by atoms with E-state index in [-0.39, 0.29) is 0 Å². The van der Waals surface area contributed by atoms with Gasteiger partial charge in [-0.25, -0.2) is 0 Å². The van der Waals surface area contributed by atoms with E-state index in [9.17, 15) is 9.90 Å². The molecule has 17 heavy (non-hydrogen) atoms. The third-order valence-corrected chi connectivity index (χ3v) is 4.69. The molecule has 0 saturated heterocycles. The standard InChI is InChI=1S/C14H25NO2/c1-2-11-8-9-14(10-11,13(16)17)15-12-6-4-3-5-7-12/h11-12,15H,2-10H2,1H3,(H,16,17). The van der Waals surface area contributed by atoms with E-state index in [1.54, 1.807) is 0 Å². The van der Waals surface area contributed by atoms with E-state index in [2.05, 4.69) is 12.2 Å². The summed E-state index contributed by atoms with van der Waals surface area (Å²) < 4.78 is 0. The van der Waals surface area contributed by atoms with Crippen molar-refractivity contribution in [3.63, 3.8) is 0 Å². The van der Waals surface area contributed by atoms with Gasteiger partial charge >= 0.3 is 5.97 Å². The molecule has 0 radical (unpaired) electrons. The zero-order chi connectivity index (χ0) is 12.3. The molecule has 0 aromatic carbocycles. The van der Waals surface area contributed by atoms with E-state index in [1.165, 1.54) is 19.3 Å². The molecule has 0 amide bonds. The summed E-state index contributed by atoms with van der Waals surface area (Å²) in [5, 5.41) is 13.0. The normalized spacial score (nSPS) is 35.0. The van der Waals surface area contributed by atoms with Gasteiger partial charge in [0.2, 0.25) is 0 Å². The van der Waals surface area contributed by atoms with Crippen LogP contribution < -0.4 is 5.32 Å². The van der Waals surface area contributed by atoms with Gasteiger partial charge in [-0.2, -0.15) is 0 Å². The van der Waals surface area contributed by atoms with Crippen molar-refractivity contribution in [2.24, 2.45) is 5.92 Å². The zero-order valence-corrected chi connectivity index (χ0v) is 10.9. The van der Waals surface area contributed by atoms with Crippen molar-refractivity contribution in [1.82, 2.24) is 5.32 Å². The van der Waals surface area contributed by atoms with Crippen molar-refractivity contribution in [2.45, 2.75) is 76.3 Å². The van der Waals surface area contributed by atoms with Crippen molar-refractivity contribution in [3.8, 4) is 0 Å². The number of nitrogens with one attached hydrogen (secondary N) is 1. The van der Waals surface area contributed by atoms with Crippen molar-refractivity contribution in [3.05, 3.63) is 0 Å². The first-order chi connectivity index (χ1) is 8.16. The molecule has 0 bridgehead atoms. The maximum absolute atomic E-state index is 11.6. The van der Waals surface area contributed by atoms with Gasteiger partial charge in [-0.3, -0.25) is 10.1 Å². The van der Waals surface area contributed by atoms with Crippen molar-refractivity contribution in [1.29, 1.82) is 0 Å². The SMILES string of the molecule is CCC1CCC(NC2CCCCC2)(C(=O)O)C1. The Morgan fingerprint density at radius 1 is 1.29 bits per heavy atom. The molecule has 0 aromatic heterocycles. The second-order valence-electron chi connectivity index (χ2n) is 5.88. The predicted molar refractivity (Wildman–Crippen MR) is 68.0 cm³/mol. The molecule has 2 saturated carbocycles. The highest BCUT2D eigenvalue weighted by Gasteiger charge is 2.45. The first kappa shape index (κ1) is 12.9. The van der Waals surface area contributed by atoms with E-state index >= 15 is 0 Å². The van der Waals surface area contributed by atoms with Gasteiger partial charge in [0.05, 0.1) is 0 Å². The molecule has 2 rings (SSSR count). The van der Waals surface area contributed by atoms with Crippen LogP contribution >= 0.6 is 0 Å². The van der Waals surface area contributed by atoms with Gasteiger partial charge in [-0.05, 0) is 38.0 Å². The molecule has 0 spiro atoms. The van der Waals surface area contributed by atoms with E-state index in [0.717, 1.165) is 38.5 Å². The van der Waals surface area contributed by atoms with Crippen LogP contribution in [0.1, 0.15) is 64.7 Å². The molecule has 2 aliphatic carbocycles. The first-order valence-electron chi connectivity index (χ1n) is 7.17. The van der Waals surface area contributed by atoms with Gasteiger partial charge < -0.3 is 5.11 Å². The van der Waals surface area contributed by atoms with Crippen LogP contribution in [-0.4, -0.2) is 22.7 Å². The molecular weight excluding hydrogens is 214 g/mol. The van der Waals surface area contributed by atoms with E-state index in [0.29, 0.717) is 12.0 Å². The van der Waals surface area contributed by atoms with E-state index in [4.69, 9.17) is 0 Å². The molecule has 98 valence electrons. The molecule has 0 aromatic rings. The molecule has 2 atom stereocenters. The minimum absolute atomic E-state index is 0.440. The Kier molecular flexibility index (Phi) is 4.08. The van der Waals surface area contributed by atoms with Crippen LogP contribution in [0.25, 0.3) is 0 Å². The Labute approximate surface area is 104 Å². The van der Waals surface area contributed by atoms with Gasteiger partial charge in [0.15, 0.2) is 0 Å². The number of carbonyl (C=O) groups is 1. The fourth-order valence-corrected chi connectivity index (χ4v) is 3.52. The lowest BCUT2D eigenvalue weighted by Gasteiger charge is -2.33. The first-order valence-corrected chi connectivity index (χ1v) is 7.17. The Balaban J connectivity index is 1.99. The summed E-state index contributed by atoms with van der Waals surface area (Å²) in [7, 11) is 0. The summed E-state index contributed by atoms with van der Waals surface area (Å²) in [4.78, 5) is 11.6. The van der Waals surface area contributed by atoms with Gasteiger partial charge in [0.1, 0.15) is 5.54 Å². The number of hydrogen-bond donors (Lipinski definition) is 2. The maximum atomic E-state index is 11.6. The average molecular weight is 239 g/mol. The molecule has 3 heteroatoms. The van der Waals surface area contributed by atoms with Crippen molar-refractivity contribution >= 4 is 5.97 Å². The number of carboxylic acid groups (broad SMARTS) is 1. The molecule has 2 fully saturated rings.